The molecule has 0 atom stereocenters. The Hall–Kier alpha value is -0.900. The second-order valence-electron chi connectivity index (χ2n) is 5.22. The van der Waals surface area contributed by atoms with Gasteiger partial charge in [0, 0.05) is 50.1 Å². The number of amides is 1. The lowest BCUT2D eigenvalue weighted by atomic mass is 10.3. The fourth-order valence-electron chi connectivity index (χ4n) is 1.82. The van der Waals surface area contributed by atoms with E-state index in [1.54, 1.807) is 18.4 Å². The maximum Gasteiger partial charge on any atom is 0.221 e. The van der Waals surface area contributed by atoms with E-state index in [9.17, 15) is 4.79 Å². The van der Waals surface area contributed by atoms with E-state index in [0.29, 0.717) is 18.9 Å². The summed E-state index contributed by atoms with van der Waals surface area (Å²) in [6, 6.07) is 0.177. The van der Waals surface area contributed by atoms with Crippen molar-refractivity contribution in [2.45, 2.75) is 46.1 Å². The van der Waals surface area contributed by atoms with E-state index in [4.69, 9.17) is 0 Å². The fourth-order valence-corrected chi connectivity index (χ4v) is 2.69. The molecule has 132 valence electrons. The van der Waals surface area contributed by atoms with Crippen molar-refractivity contribution in [3.05, 3.63) is 16.1 Å². The molecule has 1 rings (SSSR count). The summed E-state index contributed by atoms with van der Waals surface area (Å²) in [5.74, 6) is 0.762. The first kappa shape index (κ1) is 22.1. The van der Waals surface area contributed by atoms with Gasteiger partial charge in [-0.15, -0.1) is 35.3 Å². The SMILES string of the molecule is CCc1cnc(CCNC(=NC)NCCC(=O)NC(C)C)s1.I. The molecule has 1 amide bonds. The van der Waals surface area contributed by atoms with Gasteiger partial charge < -0.3 is 16.0 Å². The van der Waals surface area contributed by atoms with Crippen LogP contribution in [0.5, 0.6) is 0 Å². The molecular formula is C15H28IN5OS. The monoisotopic (exact) mass is 453 g/mol. The summed E-state index contributed by atoms with van der Waals surface area (Å²) in [5.41, 5.74) is 0. The lowest BCUT2D eigenvalue weighted by Crippen LogP contribution is -2.40. The number of nitrogens with one attached hydrogen (secondary N) is 3. The van der Waals surface area contributed by atoms with E-state index in [1.165, 1.54) is 4.88 Å². The highest BCUT2D eigenvalue weighted by molar-refractivity contribution is 14.0. The van der Waals surface area contributed by atoms with Crippen molar-refractivity contribution in [1.82, 2.24) is 20.9 Å². The molecule has 0 aliphatic carbocycles. The maximum atomic E-state index is 11.5. The van der Waals surface area contributed by atoms with Gasteiger partial charge in [-0.05, 0) is 20.3 Å². The van der Waals surface area contributed by atoms with Crippen molar-refractivity contribution < 1.29 is 4.79 Å². The molecule has 0 fully saturated rings. The van der Waals surface area contributed by atoms with E-state index in [-0.39, 0.29) is 35.9 Å². The van der Waals surface area contributed by atoms with E-state index in [1.807, 2.05) is 20.0 Å². The Morgan fingerprint density at radius 3 is 2.61 bits per heavy atom. The standard InChI is InChI=1S/C15H27N5OS.HI/c1-5-12-10-19-14(22-12)7-9-18-15(16-4)17-8-6-13(21)20-11(2)3;/h10-11H,5-9H2,1-4H3,(H,20,21)(H2,16,17,18);1H. The number of aryl methyl sites for hydroxylation is 1. The number of aromatic nitrogens is 1. The molecule has 1 aromatic rings. The van der Waals surface area contributed by atoms with Crippen LogP contribution in [0.15, 0.2) is 11.2 Å². The number of nitrogens with zero attached hydrogens (tertiary/aromatic N) is 2. The molecule has 0 saturated heterocycles. The molecule has 1 aromatic heterocycles. The third kappa shape index (κ3) is 9.75. The first-order valence-electron chi connectivity index (χ1n) is 7.72. The van der Waals surface area contributed by atoms with E-state index < -0.39 is 0 Å². The molecule has 0 unspecified atom stereocenters. The molecule has 0 saturated carbocycles. The number of guanidine groups is 1. The molecule has 23 heavy (non-hydrogen) atoms. The molecule has 0 aliphatic rings. The van der Waals surface area contributed by atoms with Crippen LogP contribution in [0.3, 0.4) is 0 Å². The minimum atomic E-state index is 0. The smallest absolute Gasteiger partial charge is 0.221 e. The third-order valence-electron chi connectivity index (χ3n) is 2.90. The average molecular weight is 453 g/mol. The zero-order valence-electron chi connectivity index (χ0n) is 14.3. The summed E-state index contributed by atoms with van der Waals surface area (Å²) in [4.78, 5) is 21.4. The molecule has 0 aliphatic heterocycles. The summed E-state index contributed by atoms with van der Waals surface area (Å²) in [7, 11) is 1.72. The average Bonchev–Trinajstić information content (AvgIpc) is 2.92. The van der Waals surface area contributed by atoms with Crippen molar-refractivity contribution in [3.8, 4) is 0 Å². The van der Waals surface area contributed by atoms with Crippen LogP contribution in [0.2, 0.25) is 0 Å². The molecule has 3 N–H and O–H groups in total. The van der Waals surface area contributed by atoms with Crippen molar-refractivity contribution in [2.75, 3.05) is 20.1 Å². The highest BCUT2D eigenvalue weighted by Crippen LogP contribution is 2.13. The molecular weight excluding hydrogens is 425 g/mol. The van der Waals surface area contributed by atoms with Crippen molar-refractivity contribution in [2.24, 2.45) is 4.99 Å². The van der Waals surface area contributed by atoms with Crippen LogP contribution in [0.1, 0.15) is 37.1 Å². The highest BCUT2D eigenvalue weighted by Gasteiger charge is 2.04. The van der Waals surface area contributed by atoms with Crippen LogP contribution in [0.4, 0.5) is 0 Å². The Kier molecular flexibility index (Phi) is 12.0. The molecule has 8 heteroatoms. The number of hydrogen-bond acceptors (Lipinski definition) is 4. The van der Waals surface area contributed by atoms with Gasteiger partial charge in [-0.2, -0.15) is 0 Å². The first-order chi connectivity index (χ1) is 10.5. The number of rotatable bonds is 8. The Bertz CT molecular complexity index is 490. The Morgan fingerprint density at radius 1 is 1.35 bits per heavy atom. The van der Waals surface area contributed by atoms with Gasteiger partial charge in [0.2, 0.25) is 5.91 Å². The van der Waals surface area contributed by atoms with Crippen molar-refractivity contribution in [3.63, 3.8) is 0 Å². The highest BCUT2D eigenvalue weighted by atomic mass is 127. The number of carbonyl (C=O) groups excluding carboxylic acids is 1. The summed E-state index contributed by atoms with van der Waals surface area (Å²) in [5, 5.41) is 10.4. The number of carbonyl (C=O) groups is 1. The number of hydrogen-bond donors (Lipinski definition) is 3. The summed E-state index contributed by atoms with van der Waals surface area (Å²) < 4.78 is 0. The Balaban J connectivity index is 0.00000484. The van der Waals surface area contributed by atoms with Crippen LogP contribution in [0.25, 0.3) is 0 Å². The predicted molar refractivity (Wildman–Crippen MR) is 108 cm³/mol. The van der Waals surface area contributed by atoms with Crippen LogP contribution < -0.4 is 16.0 Å². The molecule has 1 heterocycles. The summed E-state index contributed by atoms with van der Waals surface area (Å²) >= 11 is 1.76. The van der Waals surface area contributed by atoms with Gasteiger partial charge in [-0.25, -0.2) is 4.98 Å². The van der Waals surface area contributed by atoms with E-state index >= 15 is 0 Å². The van der Waals surface area contributed by atoms with Crippen LogP contribution in [-0.4, -0.2) is 43.0 Å². The lowest BCUT2D eigenvalue weighted by Gasteiger charge is -2.12. The fraction of sp³-hybridized carbons (Fsp3) is 0.667. The minimum Gasteiger partial charge on any atom is -0.356 e. The molecule has 6 nitrogen and oxygen atoms in total. The molecule has 0 spiro atoms. The molecule has 0 radical (unpaired) electrons. The largest absolute Gasteiger partial charge is 0.356 e. The lowest BCUT2D eigenvalue weighted by molar-refractivity contribution is -0.121. The molecule has 0 bridgehead atoms. The third-order valence-corrected chi connectivity index (χ3v) is 4.10. The number of halogens is 1. The van der Waals surface area contributed by atoms with E-state index in [2.05, 4.69) is 32.9 Å². The second kappa shape index (κ2) is 12.5. The van der Waals surface area contributed by atoms with Crippen LogP contribution >= 0.6 is 35.3 Å². The van der Waals surface area contributed by atoms with Gasteiger partial charge in [-0.1, -0.05) is 6.92 Å². The zero-order valence-corrected chi connectivity index (χ0v) is 17.5. The van der Waals surface area contributed by atoms with Crippen LogP contribution in [0, 0.1) is 0 Å². The first-order valence-corrected chi connectivity index (χ1v) is 8.54. The van der Waals surface area contributed by atoms with Gasteiger partial charge in [0.15, 0.2) is 5.96 Å². The van der Waals surface area contributed by atoms with E-state index in [0.717, 1.165) is 24.4 Å². The minimum absolute atomic E-state index is 0. The zero-order chi connectivity index (χ0) is 16.4. The topological polar surface area (TPSA) is 78.4 Å². The summed E-state index contributed by atoms with van der Waals surface area (Å²) in [6.45, 7) is 7.38. The number of aliphatic imine (C=N–C) groups is 1. The van der Waals surface area contributed by atoms with Crippen molar-refractivity contribution in [1.29, 1.82) is 0 Å². The van der Waals surface area contributed by atoms with Gasteiger partial charge >= 0.3 is 0 Å². The molecule has 0 aromatic carbocycles. The Morgan fingerprint density at radius 2 is 2.04 bits per heavy atom. The normalized spacial score (nSPS) is 11.1. The Labute approximate surface area is 160 Å². The second-order valence-corrected chi connectivity index (χ2v) is 6.42. The summed E-state index contributed by atoms with van der Waals surface area (Å²) in [6.07, 6.45) is 4.29. The van der Waals surface area contributed by atoms with Crippen molar-refractivity contribution >= 4 is 47.2 Å². The van der Waals surface area contributed by atoms with Gasteiger partial charge in [0.25, 0.3) is 0 Å². The quantitative estimate of drug-likeness (QED) is 0.320. The maximum absolute atomic E-state index is 11.5. The van der Waals surface area contributed by atoms with Gasteiger partial charge in [0.05, 0.1) is 5.01 Å². The van der Waals surface area contributed by atoms with Gasteiger partial charge in [0.1, 0.15) is 0 Å². The van der Waals surface area contributed by atoms with Gasteiger partial charge in [-0.3, -0.25) is 9.79 Å². The van der Waals surface area contributed by atoms with Crippen LogP contribution in [-0.2, 0) is 17.6 Å². The number of thiazole rings is 1. The predicted octanol–water partition coefficient (Wildman–Crippen LogP) is 1.95.